The number of hydrogen-bond acceptors (Lipinski definition) is 4. The molecule has 0 saturated carbocycles. The number of Topliss-reactive ketones (excluding diaryl/α,β-unsaturated/α-hetero) is 1. The van der Waals surface area contributed by atoms with Crippen LogP contribution in [-0.2, 0) is 9.53 Å². The molecule has 0 aliphatic heterocycles. The van der Waals surface area contributed by atoms with E-state index in [1.54, 1.807) is 13.0 Å². The van der Waals surface area contributed by atoms with Crippen molar-refractivity contribution in [3.05, 3.63) is 29.3 Å². The zero-order valence-corrected chi connectivity index (χ0v) is 11.7. The Balaban J connectivity index is 2.49. The second-order valence-corrected chi connectivity index (χ2v) is 4.31. The SMILES string of the molecule is CCOC(=O)CCCOc1ccc(C)cc1C(C)=O. The monoisotopic (exact) mass is 264 g/mol. The largest absolute Gasteiger partial charge is 0.493 e. The molecule has 0 bridgehead atoms. The van der Waals surface area contributed by atoms with E-state index in [-0.39, 0.29) is 11.8 Å². The van der Waals surface area contributed by atoms with Crippen molar-refractivity contribution in [1.29, 1.82) is 0 Å². The predicted octanol–water partition coefficient (Wildman–Crippen LogP) is 2.92. The molecule has 0 aliphatic carbocycles. The Morgan fingerprint density at radius 2 is 2.00 bits per heavy atom. The minimum absolute atomic E-state index is 0.0240. The van der Waals surface area contributed by atoms with Crippen molar-refractivity contribution in [3.63, 3.8) is 0 Å². The van der Waals surface area contributed by atoms with E-state index < -0.39 is 0 Å². The van der Waals surface area contributed by atoms with Gasteiger partial charge in [-0.1, -0.05) is 11.6 Å². The summed E-state index contributed by atoms with van der Waals surface area (Å²) in [6.07, 6.45) is 0.902. The Labute approximate surface area is 113 Å². The summed E-state index contributed by atoms with van der Waals surface area (Å²) in [6, 6.07) is 5.49. The van der Waals surface area contributed by atoms with Gasteiger partial charge in [0.05, 0.1) is 18.8 Å². The fourth-order valence-corrected chi connectivity index (χ4v) is 1.68. The van der Waals surface area contributed by atoms with Crippen molar-refractivity contribution in [2.24, 2.45) is 0 Å². The van der Waals surface area contributed by atoms with Gasteiger partial charge in [-0.15, -0.1) is 0 Å². The summed E-state index contributed by atoms with van der Waals surface area (Å²) in [7, 11) is 0. The lowest BCUT2D eigenvalue weighted by molar-refractivity contribution is -0.143. The number of esters is 1. The van der Waals surface area contributed by atoms with Crippen LogP contribution in [0.1, 0.15) is 42.6 Å². The van der Waals surface area contributed by atoms with E-state index in [2.05, 4.69) is 0 Å². The van der Waals surface area contributed by atoms with Crippen molar-refractivity contribution in [2.75, 3.05) is 13.2 Å². The van der Waals surface area contributed by atoms with Gasteiger partial charge in [0.25, 0.3) is 0 Å². The third-order valence-corrected chi connectivity index (χ3v) is 2.60. The average molecular weight is 264 g/mol. The minimum Gasteiger partial charge on any atom is -0.493 e. The number of carbonyl (C=O) groups excluding carboxylic acids is 2. The van der Waals surface area contributed by atoms with Gasteiger partial charge in [0, 0.05) is 6.42 Å². The molecule has 1 rings (SSSR count). The van der Waals surface area contributed by atoms with Crippen LogP contribution in [0.2, 0.25) is 0 Å². The molecule has 0 saturated heterocycles. The first-order valence-corrected chi connectivity index (χ1v) is 6.44. The third-order valence-electron chi connectivity index (χ3n) is 2.60. The molecule has 4 heteroatoms. The first-order valence-electron chi connectivity index (χ1n) is 6.44. The Bertz CT molecular complexity index is 451. The summed E-state index contributed by atoms with van der Waals surface area (Å²) in [5.74, 6) is 0.327. The fourth-order valence-electron chi connectivity index (χ4n) is 1.68. The van der Waals surface area contributed by atoms with Gasteiger partial charge in [-0.25, -0.2) is 0 Å². The lowest BCUT2D eigenvalue weighted by atomic mass is 10.1. The summed E-state index contributed by atoms with van der Waals surface area (Å²) in [5.41, 5.74) is 1.60. The summed E-state index contributed by atoms with van der Waals surface area (Å²) >= 11 is 0. The van der Waals surface area contributed by atoms with Crippen LogP contribution in [0.5, 0.6) is 5.75 Å². The molecule has 0 atom stereocenters. The van der Waals surface area contributed by atoms with E-state index in [0.29, 0.717) is 37.4 Å². The quantitative estimate of drug-likeness (QED) is 0.431. The summed E-state index contributed by atoms with van der Waals surface area (Å²) in [6.45, 7) is 6.01. The van der Waals surface area contributed by atoms with Crippen LogP contribution in [0.3, 0.4) is 0 Å². The molecule has 104 valence electrons. The maximum atomic E-state index is 11.5. The Hall–Kier alpha value is -1.84. The maximum Gasteiger partial charge on any atom is 0.305 e. The van der Waals surface area contributed by atoms with E-state index in [0.717, 1.165) is 5.56 Å². The number of benzene rings is 1. The van der Waals surface area contributed by atoms with Gasteiger partial charge in [0.2, 0.25) is 0 Å². The number of rotatable bonds is 7. The van der Waals surface area contributed by atoms with Gasteiger partial charge >= 0.3 is 5.97 Å². The molecular weight excluding hydrogens is 244 g/mol. The lowest BCUT2D eigenvalue weighted by Gasteiger charge is -2.10. The molecule has 0 spiro atoms. The predicted molar refractivity (Wildman–Crippen MR) is 72.5 cm³/mol. The molecule has 0 amide bonds. The molecule has 1 aromatic rings. The van der Waals surface area contributed by atoms with E-state index in [4.69, 9.17) is 9.47 Å². The summed E-state index contributed by atoms with van der Waals surface area (Å²) < 4.78 is 10.4. The molecule has 0 aliphatic rings. The Kier molecular flexibility index (Phi) is 6.06. The number of ketones is 1. The molecule has 4 nitrogen and oxygen atoms in total. The smallest absolute Gasteiger partial charge is 0.305 e. The summed E-state index contributed by atoms with van der Waals surface area (Å²) in [4.78, 5) is 22.6. The van der Waals surface area contributed by atoms with E-state index in [1.807, 2.05) is 19.1 Å². The molecule has 0 N–H and O–H groups in total. The van der Waals surface area contributed by atoms with Crippen LogP contribution >= 0.6 is 0 Å². The van der Waals surface area contributed by atoms with E-state index >= 15 is 0 Å². The molecule has 0 heterocycles. The Morgan fingerprint density at radius 3 is 2.63 bits per heavy atom. The summed E-state index contributed by atoms with van der Waals surface area (Å²) in [5, 5.41) is 0. The number of carbonyl (C=O) groups is 2. The van der Waals surface area contributed by atoms with Gasteiger partial charge in [-0.05, 0) is 39.3 Å². The minimum atomic E-state index is -0.221. The van der Waals surface area contributed by atoms with Crippen LogP contribution < -0.4 is 4.74 Å². The first kappa shape index (κ1) is 15.2. The van der Waals surface area contributed by atoms with Gasteiger partial charge in [0.15, 0.2) is 5.78 Å². The van der Waals surface area contributed by atoms with Crippen molar-refractivity contribution >= 4 is 11.8 Å². The second-order valence-electron chi connectivity index (χ2n) is 4.31. The molecule has 0 radical (unpaired) electrons. The van der Waals surface area contributed by atoms with Gasteiger partial charge in [0.1, 0.15) is 5.75 Å². The fraction of sp³-hybridized carbons (Fsp3) is 0.467. The second kappa shape index (κ2) is 7.56. The Morgan fingerprint density at radius 1 is 1.26 bits per heavy atom. The molecule has 0 aromatic heterocycles. The molecular formula is C15H20O4. The molecule has 1 aromatic carbocycles. The third kappa shape index (κ3) is 5.12. The van der Waals surface area contributed by atoms with Crippen LogP contribution in [0.25, 0.3) is 0 Å². The van der Waals surface area contributed by atoms with Crippen molar-refractivity contribution in [3.8, 4) is 5.75 Å². The maximum absolute atomic E-state index is 11.5. The van der Waals surface area contributed by atoms with Crippen LogP contribution in [0, 0.1) is 6.92 Å². The van der Waals surface area contributed by atoms with Gasteiger partial charge in [-0.2, -0.15) is 0 Å². The number of aryl methyl sites for hydroxylation is 1. The number of hydrogen-bond donors (Lipinski definition) is 0. The normalized spacial score (nSPS) is 10.1. The van der Waals surface area contributed by atoms with Gasteiger partial charge < -0.3 is 9.47 Å². The standard InChI is InChI=1S/C15H20O4/c1-4-18-15(17)6-5-9-19-14-8-7-11(2)10-13(14)12(3)16/h7-8,10H,4-6,9H2,1-3H3. The van der Waals surface area contributed by atoms with Gasteiger partial charge in [-0.3, -0.25) is 9.59 Å². The van der Waals surface area contributed by atoms with Crippen LogP contribution in [0.15, 0.2) is 18.2 Å². The first-order chi connectivity index (χ1) is 9.04. The molecule has 0 unspecified atom stereocenters. The van der Waals surface area contributed by atoms with Crippen molar-refractivity contribution in [2.45, 2.75) is 33.6 Å². The van der Waals surface area contributed by atoms with E-state index in [1.165, 1.54) is 6.92 Å². The zero-order valence-electron chi connectivity index (χ0n) is 11.7. The highest BCUT2D eigenvalue weighted by Gasteiger charge is 2.09. The highest BCUT2D eigenvalue weighted by molar-refractivity contribution is 5.97. The highest BCUT2D eigenvalue weighted by atomic mass is 16.5. The van der Waals surface area contributed by atoms with Crippen molar-refractivity contribution in [1.82, 2.24) is 0 Å². The topological polar surface area (TPSA) is 52.6 Å². The highest BCUT2D eigenvalue weighted by Crippen LogP contribution is 2.20. The molecule has 19 heavy (non-hydrogen) atoms. The number of ether oxygens (including phenoxy) is 2. The average Bonchev–Trinajstić information content (AvgIpc) is 2.36. The van der Waals surface area contributed by atoms with Crippen molar-refractivity contribution < 1.29 is 19.1 Å². The molecule has 0 fully saturated rings. The van der Waals surface area contributed by atoms with E-state index in [9.17, 15) is 9.59 Å². The van der Waals surface area contributed by atoms with Crippen LogP contribution in [0.4, 0.5) is 0 Å². The van der Waals surface area contributed by atoms with Crippen LogP contribution in [-0.4, -0.2) is 25.0 Å². The zero-order chi connectivity index (χ0) is 14.3. The lowest BCUT2D eigenvalue weighted by Crippen LogP contribution is -2.08.